The van der Waals surface area contributed by atoms with Crippen LogP contribution in [0.3, 0.4) is 0 Å². The number of aryl methyl sites for hydroxylation is 1. The van der Waals surface area contributed by atoms with Gasteiger partial charge in [0.1, 0.15) is 5.69 Å². The number of hydrogen-bond acceptors (Lipinski definition) is 4. The van der Waals surface area contributed by atoms with Crippen LogP contribution >= 0.6 is 0 Å². The molecule has 0 N–H and O–H groups in total. The number of nitrogens with zero attached hydrogens (tertiary/aromatic N) is 1. The van der Waals surface area contributed by atoms with E-state index < -0.39 is 0 Å². The fraction of sp³-hybridized carbons (Fsp3) is 0.211. The van der Waals surface area contributed by atoms with Crippen LogP contribution in [0, 0.1) is 6.92 Å². The number of hydrogen-bond donors (Lipinski definition) is 0. The zero-order valence-corrected chi connectivity index (χ0v) is 13.1. The van der Waals surface area contributed by atoms with Gasteiger partial charge in [0.25, 0.3) is 0 Å². The third kappa shape index (κ3) is 2.46. The standard InChI is InChI=1S/C19H17NO3/c1-12-4-3-5-13(8-12)17-11-16(20-23-17)15-9-14-6-7-22-19(14)18(10-15)21-2/h3-5,8-11H,6-7H2,1-2H3. The first-order chi connectivity index (χ1) is 11.2. The monoisotopic (exact) mass is 307 g/mol. The van der Waals surface area contributed by atoms with Gasteiger partial charge in [-0.05, 0) is 25.1 Å². The molecule has 1 aromatic heterocycles. The largest absolute Gasteiger partial charge is 0.493 e. The van der Waals surface area contributed by atoms with E-state index in [2.05, 4.69) is 30.3 Å². The molecule has 0 spiro atoms. The van der Waals surface area contributed by atoms with E-state index in [9.17, 15) is 0 Å². The number of fused-ring (bicyclic) bond motifs is 1. The van der Waals surface area contributed by atoms with Gasteiger partial charge in [-0.25, -0.2) is 0 Å². The maximum Gasteiger partial charge on any atom is 0.167 e. The summed E-state index contributed by atoms with van der Waals surface area (Å²) < 4.78 is 16.6. The van der Waals surface area contributed by atoms with Gasteiger partial charge in [-0.2, -0.15) is 0 Å². The Hall–Kier alpha value is -2.75. The molecular formula is C19H17NO3. The predicted octanol–water partition coefficient (Wildman–Crippen LogP) is 4.26. The molecule has 0 unspecified atom stereocenters. The summed E-state index contributed by atoms with van der Waals surface area (Å²) in [6.45, 7) is 2.76. The minimum Gasteiger partial charge on any atom is -0.493 e. The van der Waals surface area contributed by atoms with Crippen LogP contribution in [-0.4, -0.2) is 18.9 Å². The lowest BCUT2D eigenvalue weighted by atomic mass is 10.0. The minimum atomic E-state index is 0.697. The Morgan fingerprint density at radius 2 is 2.00 bits per heavy atom. The van der Waals surface area contributed by atoms with E-state index in [0.717, 1.165) is 46.1 Å². The average molecular weight is 307 g/mol. The van der Waals surface area contributed by atoms with Crippen LogP contribution in [0.1, 0.15) is 11.1 Å². The average Bonchev–Trinajstić information content (AvgIpc) is 3.23. The van der Waals surface area contributed by atoms with Crippen LogP contribution < -0.4 is 9.47 Å². The van der Waals surface area contributed by atoms with E-state index >= 15 is 0 Å². The summed E-state index contributed by atoms with van der Waals surface area (Å²) in [5, 5.41) is 4.22. The van der Waals surface area contributed by atoms with Crippen molar-refractivity contribution in [2.45, 2.75) is 13.3 Å². The van der Waals surface area contributed by atoms with Crippen molar-refractivity contribution in [3.8, 4) is 34.1 Å². The molecule has 0 atom stereocenters. The Bertz CT molecular complexity index is 867. The van der Waals surface area contributed by atoms with Crippen LogP contribution in [0.5, 0.6) is 11.5 Å². The van der Waals surface area contributed by atoms with Gasteiger partial charge >= 0.3 is 0 Å². The Kier molecular flexibility index (Phi) is 3.30. The first kappa shape index (κ1) is 13.9. The molecule has 1 aliphatic heterocycles. The van der Waals surface area contributed by atoms with Gasteiger partial charge in [0.05, 0.1) is 13.7 Å². The van der Waals surface area contributed by atoms with E-state index in [4.69, 9.17) is 14.0 Å². The summed E-state index contributed by atoms with van der Waals surface area (Å²) in [5.74, 6) is 2.35. The van der Waals surface area contributed by atoms with Crippen molar-refractivity contribution >= 4 is 0 Å². The summed E-state index contributed by atoms with van der Waals surface area (Å²) in [5.41, 5.74) is 5.15. The highest BCUT2D eigenvalue weighted by molar-refractivity contribution is 5.71. The lowest BCUT2D eigenvalue weighted by Crippen LogP contribution is -1.91. The fourth-order valence-corrected chi connectivity index (χ4v) is 2.92. The Morgan fingerprint density at radius 1 is 1.09 bits per heavy atom. The molecular weight excluding hydrogens is 290 g/mol. The Labute approximate surface area is 134 Å². The highest BCUT2D eigenvalue weighted by Gasteiger charge is 2.20. The third-order valence-corrected chi connectivity index (χ3v) is 4.08. The third-order valence-electron chi connectivity index (χ3n) is 4.08. The second-order valence-corrected chi connectivity index (χ2v) is 5.71. The van der Waals surface area contributed by atoms with E-state index in [0.29, 0.717) is 6.61 Å². The number of benzene rings is 2. The van der Waals surface area contributed by atoms with Crippen LogP contribution in [0.4, 0.5) is 0 Å². The van der Waals surface area contributed by atoms with Gasteiger partial charge in [-0.3, -0.25) is 0 Å². The molecule has 4 heteroatoms. The second-order valence-electron chi connectivity index (χ2n) is 5.71. The summed E-state index contributed by atoms with van der Waals surface area (Å²) >= 11 is 0. The van der Waals surface area contributed by atoms with Crippen molar-refractivity contribution in [3.63, 3.8) is 0 Å². The summed E-state index contributed by atoms with van der Waals surface area (Å²) in [4.78, 5) is 0. The maximum atomic E-state index is 5.63. The molecule has 1 aliphatic rings. The van der Waals surface area contributed by atoms with Crippen LogP contribution in [0.25, 0.3) is 22.6 Å². The van der Waals surface area contributed by atoms with Crippen molar-refractivity contribution in [2.75, 3.05) is 13.7 Å². The minimum absolute atomic E-state index is 0.697. The number of aromatic nitrogens is 1. The number of ether oxygens (including phenoxy) is 2. The van der Waals surface area contributed by atoms with Crippen molar-refractivity contribution < 1.29 is 14.0 Å². The first-order valence-corrected chi connectivity index (χ1v) is 7.62. The molecule has 0 saturated carbocycles. The van der Waals surface area contributed by atoms with E-state index in [-0.39, 0.29) is 0 Å². The molecule has 0 amide bonds. The Balaban J connectivity index is 1.75. The highest BCUT2D eigenvalue weighted by atomic mass is 16.5. The second kappa shape index (κ2) is 5.47. The summed E-state index contributed by atoms with van der Waals surface area (Å²) in [7, 11) is 1.65. The zero-order valence-electron chi connectivity index (χ0n) is 13.1. The van der Waals surface area contributed by atoms with Crippen molar-refractivity contribution in [1.82, 2.24) is 5.16 Å². The fourth-order valence-electron chi connectivity index (χ4n) is 2.92. The van der Waals surface area contributed by atoms with Gasteiger partial charge < -0.3 is 14.0 Å². The molecule has 3 aromatic rings. The van der Waals surface area contributed by atoms with Crippen LogP contribution in [0.2, 0.25) is 0 Å². The molecule has 0 fully saturated rings. The lowest BCUT2D eigenvalue weighted by molar-refractivity contribution is 0.326. The quantitative estimate of drug-likeness (QED) is 0.725. The summed E-state index contributed by atoms with van der Waals surface area (Å²) in [6, 6.07) is 14.2. The van der Waals surface area contributed by atoms with Crippen LogP contribution in [0.15, 0.2) is 47.0 Å². The van der Waals surface area contributed by atoms with Crippen LogP contribution in [-0.2, 0) is 6.42 Å². The van der Waals surface area contributed by atoms with E-state index in [1.54, 1.807) is 7.11 Å². The van der Waals surface area contributed by atoms with Gasteiger partial charge in [0.2, 0.25) is 0 Å². The van der Waals surface area contributed by atoms with Gasteiger partial charge in [0, 0.05) is 29.2 Å². The molecule has 0 aliphatic carbocycles. The van der Waals surface area contributed by atoms with Gasteiger partial charge in [-0.15, -0.1) is 0 Å². The van der Waals surface area contributed by atoms with Crippen molar-refractivity contribution in [2.24, 2.45) is 0 Å². The van der Waals surface area contributed by atoms with Crippen molar-refractivity contribution in [1.29, 1.82) is 0 Å². The molecule has 2 aromatic carbocycles. The smallest absolute Gasteiger partial charge is 0.167 e. The van der Waals surface area contributed by atoms with Gasteiger partial charge in [-0.1, -0.05) is 28.9 Å². The summed E-state index contributed by atoms with van der Waals surface area (Å²) in [6.07, 6.45) is 0.891. The highest BCUT2D eigenvalue weighted by Crippen LogP contribution is 2.40. The molecule has 0 bridgehead atoms. The zero-order chi connectivity index (χ0) is 15.8. The molecule has 4 nitrogen and oxygen atoms in total. The van der Waals surface area contributed by atoms with Gasteiger partial charge in [0.15, 0.2) is 17.3 Å². The molecule has 4 rings (SSSR count). The molecule has 0 radical (unpaired) electrons. The van der Waals surface area contributed by atoms with E-state index in [1.165, 1.54) is 5.56 Å². The Morgan fingerprint density at radius 3 is 2.83 bits per heavy atom. The maximum absolute atomic E-state index is 5.63. The molecule has 23 heavy (non-hydrogen) atoms. The first-order valence-electron chi connectivity index (χ1n) is 7.62. The number of rotatable bonds is 3. The van der Waals surface area contributed by atoms with E-state index in [1.807, 2.05) is 24.3 Å². The normalized spacial score (nSPS) is 12.8. The SMILES string of the molecule is COc1cc(-c2cc(-c3cccc(C)c3)on2)cc2c1OCC2. The molecule has 0 saturated heterocycles. The molecule has 2 heterocycles. The number of methoxy groups -OCH3 is 1. The topological polar surface area (TPSA) is 44.5 Å². The predicted molar refractivity (Wildman–Crippen MR) is 87.9 cm³/mol. The van der Waals surface area contributed by atoms with Crippen molar-refractivity contribution in [3.05, 3.63) is 53.6 Å². The lowest BCUT2D eigenvalue weighted by Gasteiger charge is -2.08. The molecule has 116 valence electrons.